The Morgan fingerprint density at radius 2 is 0.932 bits per heavy atom. The molecule has 1 aromatic heterocycles. The summed E-state index contributed by atoms with van der Waals surface area (Å²) in [7, 11) is -2.97. The monoisotopic (exact) mass is 975 g/mol. The summed E-state index contributed by atoms with van der Waals surface area (Å²) in [6, 6.07) is 70.6. The maximum atomic E-state index is 15.4. The molecular formula is C70H63BNOP. The molecule has 2 atom stereocenters. The molecule has 0 spiro atoms. The topological polar surface area (TPSA) is 22.0 Å². The molecule has 15 rings (SSSR count). The van der Waals surface area contributed by atoms with Gasteiger partial charge in [-0.3, -0.25) is 0 Å². The molecule has 5 aliphatic rings. The SMILES string of the molecule is Cc1cc(C)c(B(c2ccc3c(c2)c2cc(-c4ccc(C56CC7CC(C5)CC(c5ccc(P8(=O)c9ccccc9-c9ccccc98)cc5)(C7)C6)cc4)ccc2n3-c2ccccc2)c2c(C)cc(C)cc2C)c(C)c1. The Bertz CT molecular complexity index is 3810. The second-order valence-corrected chi connectivity index (χ2v) is 26.2. The second-order valence-electron chi connectivity index (χ2n) is 23.5. The van der Waals surface area contributed by atoms with Crippen LogP contribution in [0.3, 0.4) is 0 Å². The lowest BCUT2D eigenvalue weighted by Gasteiger charge is -2.63. The van der Waals surface area contributed by atoms with E-state index in [9.17, 15) is 0 Å². The first kappa shape index (κ1) is 45.7. The Balaban J connectivity index is 0.834. The molecule has 2 heterocycles. The van der Waals surface area contributed by atoms with E-state index in [-0.39, 0.29) is 17.5 Å². The third-order valence-corrected chi connectivity index (χ3v) is 21.9. The number of benzene rings is 9. The number of hydrogen-bond acceptors (Lipinski definition) is 1. The van der Waals surface area contributed by atoms with Gasteiger partial charge in [-0.2, -0.15) is 0 Å². The van der Waals surface area contributed by atoms with Crippen molar-refractivity contribution in [1.29, 1.82) is 0 Å². The lowest BCUT2D eigenvalue weighted by Crippen LogP contribution is -2.55. The molecule has 362 valence electrons. The average molecular weight is 976 g/mol. The van der Waals surface area contributed by atoms with Crippen molar-refractivity contribution in [3.63, 3.8) is 0 Å². The highest BCUT2D eigenvalue weighted by Gasteiger charge is 2.58. The van der Waals surface area contributed by atoms with Crippen LogP contribution in [0.4, 0.5) is 0 Å². The van der Waals surface area contributed by atoms with Gasteiger partial charge in [-0.1, -0.05) is 207 Å². The highest BCUT2D eigenvalue weighted by molar-refractivity contribution is 7.86. The zero-order chi connectivity index (χ0) is 50.3. The van der Waals surface area contributed by atoms with Crippen molar-refractivity contribution in [3.05, 3.63) is 233 Å². The summed E-state index contributed by atoms with van der Waals surface area (Å²) in [6.07, 6.45) is 7.63. The number of nitrogens with zero attached hydrogens (tertiary/aromatic N) is 1. The molecule has 2 unspecified atom stereocenters. The van der Waals surface area contributed by atoms with Gasteiger partial charge in [0.15, 0.2) is 7.14 Å². The van der Waals surface area contributed by atoms with Crippen LogP contribution in [0.25, 0.3) is 49.7 Å². The van der Waals surface area contributed by atoms with Gasteiger partial charge in [-0.05, 0) is 166 Å². The predicted octanol–water partition coefficient (Wildman–Crippen LogP) is 14.2. The first-order valence-corrected chi connectivity index (χ1v) is 28.9. The number of aryl methyl sites for hydroxylation is 6. The van der Waals surface area contributed by atoms with E-state index in [0.29, 0.717) is 0 Å². The quantitative estimate of drug-likeness (QED) is 0.110. The van der Waals surface area contributed by atoms with Crippen molar-refractivity contribution in [1.82, 2.24) is 4.57 Å². The number of hydrogen-bond donors (Lipinski definition) is 0. The van der Waals surface area contributed by atoms with Crippen LogP contribution in [0.2, 0.25) is 0 Å². The van der Waals surface area contributed by atoms with Gasteiger partial charge in [-0.15, -0.1) is 0 Å². The fourth-order valence-electron chi connectivity index (χ4n) is 16.4. The van der Waals surface area contributed by atoms with Gasteiger partial charge < -0.3 is 9.13 Å². The Labute approximate surface area is 438 Å². The predicted molar refractivity (Wildman–Crippen MR) is 315 cm³/mol. The summed E-state index contributed by atoms with van der Waals surface area (Å²) in [6.45, 7) is 13.8. The third-order valence-electron chi connectivity index (χ3n) is 18.7. The minimum absolute atomic E-state index is 0.0917. The van der Waals surface area contributed by atoms with Gasteiger partial charge in [0.1, 0.15) is 0 Å². The Morgan fingerprint density at radius 3 is 1.47 bits per heavy atom. The first-order chi connectivity index (χ1) is 35.9. The van der Waals surface area contributed by atoms with Crippen molar-refractivity contribution in [2.24, 2.45) is 11.8 Å². The molecule has 9 aromatic carbocycles. The van der Waals surface area contributed by atoms with Crippen LogP contribution in [0, 0.1) is 53.4 Å². The minimum Gasteiger partial charge on any atom is -0.309 e. The van der Waals surface area contributed by atoms with Crippen LogP contribution in [-0.2, 0) is 15.4 Å². The lowest BCUT2D eigenvalue weighted by atomic mass is 9.34. The smallest absolute Gasteiger partial charge is 0.242 e. The average Bonchev–Trinajstić information content (AvgIpc) is 3.93. The van der Waals surface area contributed by atoms with E-state index in [2.05, 4.69) is 222 Å². The first-order valence-electron chi connectivity index (χ1n) is 27.2. The molecule has 0 radical (unpaired) electrons. The number of fused-ring (bicyclic) bond motifs is 6. The lowest BCUT2D eigenvalue weighted by molar-refractivity contribution is -0.0281. The summed E-state index contributed by atoms with van der Waals surface area (Å²) >= 11 is 0. The van der Waals surface area contributed by atoms with Gasteiger partial charge in [0.05, 0.1) is 11.0 Å². The molecule has 10 aromatic rings. The highest BCUT2D eigenvalue weighted by atomic mass is 31.2. The van der Waals surface area contributed by atoms with Gasteiger partial charge >= 0.3 is 0 Å². The van der Waals surface area contributed by atoms with Crippen LogP contribution < -0.4 is 32.3 Å². The highest BCUT2D eigenvalue weighted by Crippen LogP contribution is 2.66. The van der Waals surface area contributed by atoms with Crippen molar-refractivity contribution < 1.29 is 4.57 Å². The largest absolute Gasteiger partial charge is 0.309 e. The molecule has 4 heteroatoms. The van der Waals surface area contributed by atoms with Gasteiger partial charge in [0.25, 0.3) is 0 Å². The van der Waals surface area contributed by atoms with Gasteiger partial charge in [-0.25, -0.2) is 0 Å². The van der Waals surface area contributed by atoms with E-state index >= 15 is 4.57 Å². The Kier molecular flexibility index (Phi) is 10.4. The summed E-state index contributed by atoms with van der Waals surface area (Å²) in [5.41, 5.74) is 23.8. The number of rotatable bonds is 8. The van der Waals surface area contributed by atoms with Crippen LogP contribution in [0.1, 0.15) is 83.0 Å². The van der Waals surface area contributed by atoms with E-state index in [0.717, 1.165) is 38.9 Å². The number of aromatic nitrogens is 1. The maximum absolute atomic E-state index is 15.4. The molecular weight excluding hydrogens is 913 g/mol. The molecule has 4 bridgehead atoms. The summed E-state index contributed by atoms with van der Waals surface area (Å²) in [5.74, 6) is 1.46. The summed E-state index contributed by atoms with van der Waals surface area (Å²) < 4.78 is 17.8. The molecule has 4 saturated carbocycles. The molecule has 0 amide bonds. The molecule has 4 aliphatic carbocycles. The van der Waals surface area contributed by atoms with E-state index in [1.165, 1.54) is 138 Å². The fraction of sp³-hybridized carbons (Fsp3) is 0.229. The third kappa shape index (κ3) is 6.88. The Morgan fingerprint density at radius 1 is 0.473 bits per heavy atom. The van der Waals surface area contributed by atoms with Gasteiger partial charge in [0, 0.05) is 32.4 Å². The van der Waals surface area contributed by atoms with Crippen molar-refractivity contribution in [2.45, 2.75) is 90.9 Å². The van der Waals surface area contributed by atoms with Gasteiger partial charge in [0.2, 0.25) is 6.71 Å². The van der Waals surface area contributed by atoms with Crippen molar-refractivity contribution in [2.75, 3.05) is 0 Å². The van der Waals surface area contributed by atoms with E-state index in [4.69, 9.17) is 0 Å². The normalized spacial score (nSPS) is 21.1. The van der Waals surface area contributed by atoms with E-state index in [1.54, 1.807) is 0 Å². The Hall–Kier alpha value is -6.93. The van der Waals surface area contributed by atoms with Crippen LogP contribution in [-0.4, -0.2) is 11.3 Å². The molecule has 2 nitrogen and oxygen atoms in total. The van der Waals surface area contributed by atoms with Crippen LogP contribution >= 0.6 is 7.14 Å². The van der Waals surface area contributed by atoms with Crippen LogP contribution in [0.15, 0.2) is 188 Å². The zero-order valence-corrected chi connectivity index (χ0v) is 44.6. The maximum Gasteiger partial charge on any atom is 0.242 e. The summed E-state index contributed by atoms with van der Waals surface area (Å²) in [4.78, 5) is 0. The van der Waals surface area contributed by atoms with E-state index < -0.39 is 7.14 Å². The molecule has 0 N–H and O–H groups in total. The fourth-order valence-corrected chi connectivity index (χ4v) is 19.4. The standard InChI is InChI=1S/C70H63BNOP/c1-44-32-46(3)67(47(4)33-44)71(68-48(5)34-45(2)35-49(68)6)56-27-31-64-62(38-56)61-37-53(22-30-63(61)72(64)57-14-8-7-9-15-57)52-20-23-54(24-21-52)69-39-50-36-51(40-69)42-70(41-50,43-69)55-25-28-58(29-26-55)74(73)65-18-12-10-16-59(65)60-17-11-13-19-66(60)74/h7-35,37-38,50-51H,36,39-43H2,1-6H3. The zero-order valence-electron chi connectivity index (χ0n) is 43.7. The van der Waals surface area contributed by atoms with E-state index in [1.807, 2.05) is 12.1 Å². The van der Waals surface area contributed by atoms with Crippen LogP contribution in [0.5, 0.6) is 0 Å². The minimum atomic E-state index is -2.97. The second kappa shape index (κ2) is 16.8. The number of para-hydroxylation sites is 1. The molecule has 0 saturated heterocycles. The molecule has 1 aliphatic heterocycles. The summed E-state index contributed by atoms with van der Waals surface area (Å²) in [5, 5.41) is 5.49. The molecule has 4 fully saturated rings. The molecule has 74 heavy (non-hydrogen) atoms. The van der Waals surface area contributed by atoms with Crippen molar-refractivity contribution in [3.8, 4) is 27.9 Å². The van der Waals surface area contributed by atoms with Crippen molar-refractivity contribution >= 4 is 68.0 Å².